The van der Waals surface area contributed by atoms with E-state index in [0.29, 0.717) is 17.4 Å². The van der Waals surface area contributed by atoms with E-state index in [4.69, 9.17) is 11.6 Å². The average molecular weight is 209 g/mol. The first kappa shape index (κ1) is 9.15. The molecule has 0 saturated carbocycles. The van der Waals surface area contributed by atoms with E-state index in [9.17, 15) is 0 Å². The molecule has 2 rings (SSSR count). The molecule has 0 atom stereocenters. The van der Waals surface area contributed by atoms with E-state index in [0.717, 1.165) is 5.56 Å². The lowest BCUT2D eigenvalue weighted by molar-refractivity contribution is 0.553. The lowest BCUT2D eigenvalue weighted by atomic mass is 10.2. The molecule has 2 aromatic rings. The summed E-state index contributed by atoms with van der Waals surface area (Å²) in [5, 5.41) is 12.6. The summed E-state index contributed by atoms with van der Waals surface area (Å²) >= 11 is 5.85. The van der Waals surface area contributed by atoms with E-state index in [1.165, 1.54) is 4.80 Å². The number of aromatic nitrogens is 4. The van der Waals surface area contributed by atoms with Gasteiger partial charge in [-0.1, -0.05) is 23.7 Å². The van der Waals surface area contributed by atoms with Gasteiger partial charge >= 0.3 is 0 Å². The number of hydrogen-bond acceptors (Lipinski definition) is 3. The highest BCUT2D eigenvalue weighted by atomic mass is 35.5. The molecule has 0 unspecified atom stereocenters. The number of rotatable bonds is 2. The highest BCUT2D eigenvalue weighted by molar-refractivity contribution is 6.30. The average Bonchev–Trinajstić information content (AvgIpc) is 2.66. The van der Waals surface area contributed by atoms with Gasteiger partial charge in [0, 0.05) is 10.6 Å². The molecule has 72 valence electrons. The third-order valence-corrected chi connectivity index (χ3v) is 2.05. The fraction of sp³-hybridized carbons (Fsp3) is 0.222. The van der Waals surface area contributed by atoms with Gasteiger partial charge in [0.25, 0.3) is 0 Å². The van der Waals surface area contributed by atoms with Crippen molar-refractivity contribution in [3.8, 4) is 11.4 Å². The molecule has 1 aromatic carbocycles. The molecule has 0 saturated heterocycles. The topological polar surface area (TPSA) is 43.6 Å². The Morgan fingerprint density at radius 1 is 1.43 bits per heavy atom. The molecule has 0 fully saturated rings. The maximum Gasteiger partial charge on any atom is 0.204 e. The summed E-state index contributed by atoms with van der Waals surface area (Å²) in [5.41, 5.74) is 0.886. The Bertz CT molecular complexity index is 438. The minimum atomic E-state index is 0.606. The number of tetrazole rings is 1. The zero-order valence-corrected chi connectivity index (χ0v) is 8.44. The van der Waals surface area contributed by atoms with Crippen LogP contribution in [0.1, 0.15) is 6.92 Å². The third-order valence-electron chi connectivity index (χ3n) is 1.82. The van der Waals surface area contributed by atoms with Crippen LogP contribution in [0.15, 0.2) is 24.3 Å². The van der Waals surface area contributed by atoms with Crippen LogP contribution in [0, 0.1) is 0 Å². The number of nitrogens with zero attached hydrogens (tertiary/aromatic N) is 4. The monoisotopic (exact) mass is 208 g/mol. The maximum absolute atomic E-state index is 5.85. The molecule has 0 aliphatic rings. The van der Waals surface area contributed by atoms with Gasteiger partial charge in [-0.2, -0.15) is 4.80 Å². The van der Waals surface area contributed by atoms with Crippen molar-refractivity contribution in [2.75, 3.05) is 0 Å². The number of hydrogen-bond donors (Lipinski definition) is 0. The molecule has 1 heterocycles. The Hall–Kier alpha value is -1.42. The van der Waals surface area contributed by atoms with Gasteiger partial charge in [0.2, 0.25) is 5.82 Å². The molecule has 0 N–H and O–H groups in total. The summed E-state index contributed by atoms with van der Waals surface area (Å²) in [6.45, 7) is 2.68. The molecule has 1 aromatic heterocycles. The Morgan fingerprint density at radius 2 is 2.29 bits per heavy atom. The Labute approximate surface area is 86.5 Å². The lowest BCUT2D eigenvalue weighted by Crippen LogP contribution is -1.98. The van der Waals surface area contributed by atoms with Gasteiger partial charge in [-0.3, -0.25) is 0 Å². The minimum Gasteiger partial charge on any atom is -0.164 e. The second-order valence-corrected chi connectivity index (χ2v) is 3.25. The van der Waals surface area contributed by atoms with Gasteiger partial charge < -0.3 is 0 Å². The molecule has 0 spiro atoms. The first-order valence-corrected chi connectivity index (χ1v) is 4.71. The van der Waals surface area contributed by atoms with E-state index >= 15 is 0 Å². The standard InChI is InChI=1S/C9H9ClN4/c1-2-14-12-9(11-13-14)7-4-3-5-8(10)6-7/h3-6H,2H2,1H3. The van der Waals surface area contributed by atoms with Crippen LogP contribution in [0.4, 0.5) is 0 Å². The van der Waals surface area contributed by atoms with E-state index in [1.54, 1.807) is 0 Å². The van der Waals surface area contributed by atoms with Crippen molar-refractivity contribution in [2.24, 2.45) is 0 Å². The van der Waals surface area contributed by atoms with Crippen molar-refractivity contribution < 1.29 is 0 Å². The van der Waals surface area contributed by atoms with Gasteiger partial charge in [-0.15, -0.1) is 10.2 Å². The highest BCUT2D eigenvalue weighted by Crippen LogP contribution is 2.18. The predicted molar refractivity (Wildman–Crippen MR) is 53.9 cm³/mol. The van der Waals surface area contributed by atoms with Crippen LogP contribution in [0.5, 0.6) is 0 Å². The molecule has 0 aliphatic heterocycles. The predicted octanol–water partition coefficient (Wildman–Crippen LogP) is 2.01. The number of halogens is 1. The van der Waals surface area contributed by atoms with E-state index in [-0.39, 0.29) is 0 Å². The SMILES string of the molecule is CCn1nnc(-c2cccc(Cl)c2)n1. The van der Waals surface area contributed by atoms with Crippen LogP contribution >= 0.6 is 11.6 Å². The molecule has 5 heteroatoms. The zero-order valence-electron chi connectivity index (χ0n) is 7.68. The first-order chi connectivity index (χ1) is 6.79. The Balaban J connectivity index is 2.39. The van der Waals surface area contributed by atoms with E-state index < -0.39 is 0 Å². The van der Waals surface area contributed by atoms with Gasteiger partial charge in [0.1, 0.15) is 0 Å². The molecule has 4 nitrogen and oxygen atoms in total. The van der Waals surface area contributed by atoms with Crippen LogP contribution in [-0.2, 0) is 6.54 Å². The summed E-state index contributed by atoms with van der Waals surface area (Å²) in [4.78, 5) is 1.54. The van der Waals surface area contributed by atoms with Crippen LogP contribution in [0.25, 0.3) is 11.4 Å². The molecule has 0 radical (unpaired) electrons. The van der Waals surface area contributed by atoms with Crippen molar-refractivity contribution in [3.63, 3.8) is 0 Å². The van der Waals surface area contributed by atoms with Crippen LogP contribution in [0.2, 0.25) is 5.02 Å². The molecule has 0 bridgehead atoms. The van der Waals surface area contributed by atoms with Crippen LogP contribution < -0.4 is 0 Å². The van der Waals surface area contributed by atoms with Crippen LogP contribution in [0.3, 0.4) is 0 Å². The smallest absolute Gasteiger partial charge is 0.164 e. The summed E-state index contributed by atoms with van der Waals surface area (Å²) in [7, 11) is 0. The Morgan fingerprint density at radius 3 is 2.93 bits per heavy atom. The summed E-state index contributed by atoms with van der Waals surface area (Å²) in [6.07, 6.45) is 0. The zero-order chi connectivity index (χ0) is 9.97. The summed E-state index contributed by atoms with van der Waals surface area (Å²) in [5.74, 6) is 0.606. The second-order valence-electron chi connectivity index (χ2n) is 2.81. The number of benzene rings is 1. The minimum absolute atomic E-state index is 0.606. The van der Waals surface area contributed by atoms with Gasteiger partial charge in [-0.05, 0) is 24.3 Å². The highest BCUT2D eigenvalue weighted by Gasteiger charge is 2.04. The van der Waals surface area contributed by atoms with Gasteiger partial charge in [0.15, 0.2) is 0 Å². The maximum atomic E-state index is 5.85. The normalized spacial score (nSPS) is 10.4. The van der Waals surface area contributed by atoms with Crippen molar-refractivity contribution in [1.82, 2.24) is 20.2 Å². The summed E-state index contributed by atoms with van der Waals surface area (Å²) in [6, 6.07) is 7.40. The van der Waals surface area contributed by atoms with Crippen molar-refractivity contribution in [2.45, 2.75) is 13.5 Å². The van der Waals surface area contributed by atoms with Crippen molar-refractivity contribution >= 4 is 11.6 Å². The molecule has 0 aliphatic carbocycles. The largest absolute Gasteiger partial charge is 0.204 e. The molecular formula is C9H9ClN4. The summed E-state index contributed by atoms with van der Waals surface area (Å²) < 4.78 is 0. The number of aryl methyl sites for hydroxylation is 1. The van der Waals surface area contributed by atoms with E-state index in [1.807, 2.05) is 31.2 Å². The van der Waals surface area contributed by atoms with Gasteiger partial charge in [-0.25, -0.2) is 0 Å². The molecule has 0 amide bonds. The molecular weight excluding hydrogens is 200 g/mol. The first-order valence-electron chi connectivity index (χ1n) is 4.33. The quantitative estimate of drug-likeness (QED) is 0.759. The van der Waals surface area contributed by atoms with Crippen molar-refractivity contribution in [3.05, 3.63) is 29.3 Å². The van der Waals surface area contributed by atoms with Gasteiger partial charge in [0.05, 0.1) is 6.54 Å². The van der Waals surface area contributed by atoms with Crippen molar-refractivity contribution in [1.29, 1.82) is 0 Å². The fourth-order valence-corrected chi connectivity index (χ4v) is 1.31. The fourth-order valence-electron chi connectivity index (χ4n) is 1.12. The second kappa shape index (κ2) is 3.75. The third kappa shape index (κ3) is 1.75. The lowest BCUT2D eigenvalue weighted by Gasteiger charge is -1.94. The molecule has 14 heavy (non-hydrogen) atoms. The van der Waals surface area contributed by atoms with Crippen LogP contribution in [-0.4, -0.2) is 20.2 Å². The Kier molecular flexibility index (Phi) is 2.45. The van der Waals surface area contributed by atoms with E-state index in [2.05, 4.69) is 15.4 Å².